The molecule has 1 aliphatic rings. The third-order valence-corrected chi connectivity index (χ3v) is 4.92. The van der Waals surface area contributed by atoms with Crippen LogP contribution in [0.1, 0.15) is 24.0 Å². The first-order valence-electron chi connectivity index (χ1n) is 6.12. The Kier molecular flexibility index (Phi) is 4.17. The van der Waals surface area contributed by atoms with E-state index in [9.17, 15) is 9.00 Å². The van der Waals surface area contributed by atoms with E-state index in [2.05, 4.69) is 0 Å². The standard InChI is InChI=1S/C14H18O3S/c1-10-4-3-5-11(8-10)9-18(16)13(12-6-7-12)14(15)17-2/h3-5,8,12-13H,6-7,9H2,1-2H3. The van der Waals surface area contributed by atoms with E-state index in [1.54, 1.807) is 0 Å². The Labute approximate surface area is 110 Å². The van der Waals surface area contributed by atoms with Gasteiger partial charge in [0.2, 0.25) is 0 Å². The minimum absolute atomic E-state index is 0.253. The highest BCUT2D eigenvalue weighted by Crippen LogP contribution is 2.36. The summed E-state index contributed by atoms with van der Waals surface area (Å²) in [4.78, 5) is 11.7. The van der Waals surface area contributed by atoms with Crippen molar-refractivity contribution in [1.82, 2.24) is 0 Å². The van der Waals surface area contributed by atoms with Gasteiger partial charge >= 0.3 is 5.97 Å². The molecule has 2 rings (SSSR count). The molecule has 2 atom stereocenters. The number of carbonyl (C=O) groups excluding carboxylic acids is 1. The van der Waals surface area contributed by atoms with Crippen molar-refractivity contribution >= 4 is 16.8 Å². The Hall–Kier alpha value is -1.16. The Bertz CT molecular complexity index is 466. The Morgan fingerprint density at radius 2 is 2.22 bits per heavy atom. The second kappa shape index (κ2) is 5.65. The second-order valence-electron chi connectivity index (χ2n) is 4.80. The van der Waals surface area contributed by atoms with Gasteiger partial charge in [-0.05, 0) is 31.2 Å². The molecule has 0 saturated heterocycles. The van der Waals surface area contributed by atoms with Crippen molar-refractivity contribution in [3.05, 3.63) is 35.4 Å². The Morgan fingerprint density at radius 3 is 2.78 bits per heavy atom. The van der Waals surface area contributed by atoms with E-state index < -0.39 is 16.0 Å². The van der Waals surface area contributed by atoms with Crippen molar-refractivity contribution in [2.75, 3.05) is 7.11 Å². The van der Waals surface area contributed by atoms with Crippen LogP contribution in [0.3, 0.4) is 0 Å². The van der Waals surface area contributed by atoms with Gasteiger partial charge in [-0.1, -0.05) is 29.8 Å². The highest BCUT2D eigenvalue weighted by atomic mass is 32.2. The molecule has 98 valence electrons. The van der Waals surface area contributed by atoms with E-state index in [1.165, 1.54) is 7.11 Å². The summed E-state index contributed by atoms with van der Waals surface area (Å²) in [6, 6.07) is 7.92. The molecular weight excluding hydrogens is 248 g/mol. The number of hydrogen-bond donors (Lipinski definition) is 0. The maximum Gasteiger partial charge on any atom is 0.321 e. The van der Waals surface area contributed by atoms with Crippen LogP contribution < -0.4 is 0 Å². The summed E-state index contributed by atoms with van der Waals surface area (Å²) in [5.74, 6) is 0.351. The van der Waals surface area contributed by atoms with E-state index in [0.29, 0.717) is 5.75 Å². The summed E-state index contributed by atoms with van der Waals surface area (Å²) in [5.41, 5.74) is 2.16. The zero-order valence-corrected chi connectivity index (χ0v) is 11.5. The number of methoxy groups -OCH3 is 1. The third kappa shape index (κ3) is 3.19. The highest BCUT2D eigenvalue weighted by Gasteiger charge is 2.41. The van der Waals surface area contributed by atoms with Gasteiger partial charge in [0.1, 0.15) is 5.25 Å². The molecule has 0 heterocycles. The molecule has 4 heteroatoms. The quantitative estimate of drug-likeness (QED) is 0.767. The largest absolute Gasteiger partial charge is 0.468 e. The van der Waals surface area contributed by atoms with Crippen LogP contribution >= 0.6 is 0 Å². The first kappa shape index (κ1) is 13.3. The number of rotatable bonds is 5. The number of hydrogen-bond acceptors (Lipinski definition) is 3. The first-order valence-corrected chi connectivity index (χ1v) is 7.50. The average Bonchev–Trinajstić information content (AvgIpc) is 3.13. The summed E-state index contributed by atoms with van der Waals surface area (Å²) < 4.78 is 17.1. The molecule has 1 saturated carbocycles. The summed E-state index contributed by atoms with van der Waals surface area (Å²) in [7, 11) is 0.173. The minimum Gasteiger partial charge on any atom is -0.468 e. The molecule has 0 aromatic heterocycles. The van der Waals surface area contributed by atoms with Crippen LogP contribution in [-0.2, 0) is 26.1 Å². The van der Waals surface area contributed by atoms with Crippen LogP contribution in [0.25, 0.3) is 0 Å². The van der Waals surface area contributed by atoms with Crippen LogP contribution in [0.4, 0.5) is 0 Å². The normalized spacial score (nSPS) is 18.1. The molecular formula is C14H18O3S. The first-order chi connectivity index (χ1) is 8.61. The molecule has 1 fully saturated rings. The molecule has 0 amide bonds. The smallest absolute Gasteiger partial charge is 0.321 e. The summed E-state index contributed by atoms with van der Waals surface area (Å²) in [6.45, 7) is 2.01. The van der Waals surface area contributed by atoms with Crippen LogP contribution in [0.2, 0.25) is 0 Å². The van der Waals surface area contributed by atoms with Gasteiger partial charge in [0.15, 0.2) is 0 Å². The average molecular weight is 266 g/mol. The summed E-state index contributed by atoms with van der Waals surface area (Å²) >= 11 is 0. The predicted molar refractivity (Wildman–Crippen MR) is 71.6 cm³/mol. The van der Waals surface area contributed by atoms with Crippen molar-refractivity contribution in [2.45, 2.75) is 30.8 Å². The predicted octanol–water partition coefficient (Wildman–Crippen LogP) is 2.20. The third-order valence-electron chi connectivity index (χ3n) is 3.16. The fourth-order valence-electron chi connectivity index (χ4n) is 2.09. The second-order valence-corrected chi connectivity index (χ2v) is 6.35. The number of aryl methyl sites for hydroxylation is 1. The number of ether oxygens (including phenoxy) is 1. The van der Waals surface area contributed by atoms with Gasteiger partial charge in [-0.3, -0.25) is 9.00 Å². The molecule has 0 N–H and O–H groups in total. The number of benzene rings is 1. The number of esters is 1. The molecule has 18 heavy (non-hydrogen) atoms. The molecule has 2 unspecified atom stereocenters. The molecule has 1 aromatic rings. The van der Waals surface area contributed by atoms with Crippen molar-refractivity contribution < 1.29 is 13.7 Å². The van der Waals surface area contributed by atoms with Crippen molar-refractivity contribution in [3.63, 3.8) is 0 Å². The van der Waals surface area contributed by atoms with Crippen LogP contribution in [0, 0.1) is 12.8 Å². The van der Waals surface area contributed by atoms with Gasteiger partial charge in [-0.2, -0.15) is 0 Å². The van der Waals surface area contributed by atoms with Gasteiger partial charge < -0.3 is 4.74 Å². The van der Waals surface area contributed by atoms with Gasteiger partial charge in [-0.25, -0.2) is 0 Å². The van der Waals surface area contributed by atoms with E-state index in [0.717, 1.165) is 24.0 Å². The van der Waals surface area contributed by atoms with Gasteiger partial charge in [0, 0.05) is 16.6 Å². The molecule has 1 aliphatic carbocycles. The maximum atomic E-state index is 12.3. The van der Waals surface area contributed by atoms with Crippen molar-refractivity contribution in [2.24, 2.45) is 5.92 Å². The lowest BCUT2D eigenvalue weighted by molar-refractivity contribution is -0.140. The topological polar surface area (TPSA) is 43.4 Å². The van der Waals surface area contributed by atoms with E-state index >= 15 is 0 Å². The lowest BCUT2D eigenvalue weighted by atomic mass is 10.2. The van der Waals surface area contributed by atoms with Crippen LogP contribution in [0.5, 0.6) is 0 Å². The lowest BCUT2D eigenvalue weighted by Crippen LogP contribution is -2.30. The molecule has 0 aliphatic heterocycles. The Balaban J connectivity index is 2.07. The zero-order valence-electron chi connectivity index (χ0n) is 10.7. The highest BCUT2D eigenvalue weighted by molar-refractivity contribution is 7.85. The summed E-state index contributed by atoms with van der Waals surface area (Å²) in [5, 5.41) is -0.449. The molecule has 0 spiro atoms. The lowest BCUT2D eigenvalue weighted by Gasteiger charge is -2.13. The zero-order chi connectivity index (χ0) is 13.1. The molecule has 0 bridgehead atoms. The van der Waals surface area contributed by atoms with E-state index in [-0.39, 0.29) is 11.9 Å². The van der Waals surface area contributed by atoms with E-state index in [1.807, 2.05) is 31.2 Å². The monoisotopic (exact) mass is 266 g/mol. The van der Waals surface area contributed by atoms with Crippen LogP contribution in [-0.4, -0.2) is 22.5 Å². The van der Waals surface area contributed by atoms with Gasteiger partial charge in [-0.15, -0.1) is 0 Å². The fraction of sp³-hybridized carbons (Fsp3) is 0.500. The van der Waals surface area contributed by atoms with E-state index in [4.69, 9.17) is 4.74 Å². The van der Waals surface area contributed by atoms with Crippen molar-refractivity contribution in [1.29, 1.82) is 0 Å². The molecule has 1 aromatic carbocycles. The maximum absolute atomic E-state index is 12.3. The number of carbonyl (C=O) groups is 1. The SMILES string of the molecule is COC(=O)C(C1CC1)S(=O)Cc1cccc(C)c1. The van der Waals surface area contributed by atoms with Gasteiger partial charge in [0.05, 0.1) is 7.11 Å². The minimum atomic E-state index is -1.19. The molecule has 0 radical (unpaired) electrons. The fourth-order valence-corrected chi connectivity index (χ4v) is 3.79. The Morgan fingerprint density at radius 1 is 1.50 bits per heavy atom. The van der Waals surface area contributed by atoms with Crippen LogP contribution in [0.15, 0.2) is 24.3 Å². The summed E-state index contributed by atoms with van der Waals surface area (Å²) in [6.07, 6.45) is 1.97. The van der Waals surface area contributed by atoms with Crippen molar-refractivity contribution in [3.8, 4) is 0 Å². The van der Waals surface area contributed by atoms with Gasteiger partial charge in [0.25, 0.3) is 0 Å². The molecule has 3 nitrogen and oxygen atoms in total.